The number of hydrogen-bond donors (Lipinski definition) is 1. The molecule has 0 unspecified atom stereocenters. The molecular weight excluding hydrogens is 302 g/mol. The van der Waals surface area contributed by atoms with Crippen LogP contribution in [0.1, 0.15) is 16.8 Å². The standard InChI is InChI=1S/C19H19N3O2/c1-12-8-9-16(13(2)10-12)20-18(23)11-17-14-6-4-5-7-15(14)19(24)22(3)21-17/h4-10H,11H2,1-3H3,(H,20,23). The third kappa shape index (κ3) is 3.06. The minimum Gasteiger partial charge on any atom is -0.326 e. The lowest BCUT2D eigenvalue weighted by atomic mass is 10.1. The maximum Gasteiger partial charge on any atom is 0.274 e. The lowest BCUT2D eigenvalue weighted by Crippen LogP contribution is -2.24. The van der Waals surface area contributed by atoms with Gasteiger partial charge >= 0.3 is 0 Å². The number of fused-ring (bicyclic) bond motifs is 1. The van der Waals surface area contributed by atoms with Crippen LogP contribution in [0.5, 0.6) is 0 Å². The summed E-state index contributed by atoms with van der Waals surface area (Å²) in [6, 6.07) is 13.1. The predicted molar refractivity (Wildman–Crippen MR) is 95.2 cm³/mol. The highest BCUT2D eigenvalue weighted by atomic mass is 16.1. The van der Waals surface area contributed by atoms with Crippen LogP contribution in [0.2, 0.25) is 0 Å². The molecule has 0 aliphatic rings. The molecule has 1 N–H and O–H groups in total. The Morgan fingerprint density at radius 3 is 2.54 bits per heavy atom. The van der Waals surface area contributed by atoms with Gasteiger partial charge in [0, 0.05) is 18.1 Å². The van der Waals surface area contributed by atoms with E-state index in [1.165, 1.54) is 4.68 Å². The summed E-state index contributed by atoms with van der Waals surface area (Å²) in [5.41, 5.74) is 3.39. The monoisotopic (exact) mass is 321 g/mol. The molecule has 0 saturated heterocycles. The van der Waals surface area contributed by atoms with E-state index in [4.69, 9.17) is 0 Å². The minimum atomic E-state index is -0.163. The Kier molecular flexibility index (Phi) is 4.16. The van der Waals surface area contributed by atoms with E-state index < -0.39 is 0 Å². The van der Waals surface area contributed by atoms with Crippen molar-refractivity contribution in [3.05, 3.63) is 69.6 Å². The lowest BCUT2D eigenvalue weighted by Gasteiger charge is -2.11. The van der Waals surface area contributed by atoms with Crippen molar-refractivity contribution < 1.29 is 4.79 Å². The second kappa shape index (κ2) is 6.28. The number of nitrogens with one attached hydrogen (secondary N) is 1. The fourth-order valence-corrected chi connectivity index (χ4v) is 2.81. The Bertz CT molecular complexity index is 990. The molecule has 1 amide bonds. The molecule has 0 saturated carbocycles. The number of amides is 1. The highest BCUT2D eigenvalue weighted by Gasteiger charge is 2.13. The molecule has 3 rings (SSSR count). The molecule has 0 atom stereocenters. The van der Waals surface area contributed by atoms with Crippen molar-refractivity contribution in [2.75, 3.05) is 5.32 Å². The molecule has 0 aliphatic carbocycles. The largest absolute Gasteiger partial charge is 0.326 e. The van der Waals surface area contributed by atoms with Gasteiger partial charge in [0.2, 0.25) is 5.91 Å². The maximum atomic E-state index is 12.4. The summed E-state index contributed by atoms with van der Waals surface area (Å²) in [6.45, 7) is 3.97. The highest BCUT2D eigenvalue weighted by molar-refractivity contribution is 5.95. The van der Waals surface area contributed by atoms with Gasteiger partial charge in [-0.3, -0.25) is 9.59 Å². The molecule has 0 fully saturated rings. The molecule has 1 aromatic heterocycles. The van der Waals surface area contributed by atoms with Crippen molar-refractivity contribution in [3.8, 4) is 0 Å². The first-order chi connectivity index (χ1) is 11.5. The van der Waals surface area contributed by atoms with Gasteiger partial charge in [0.05, 0.1) is 17.5 Å². The van der Waals surface area contributed by atoms with E-state index in [2.05, 4.69) is 10.4 Å². The molecule has 3 aromatic rings. The van der Waals surface area contributed by atoms with E-state index in [0.717, 1.165) is 22.2 Å². The minimum absolute atomic E-state index is 0.113. The van der Waals surface area contributed by atoms with Gasteiger partial charge in [0.25, 0.3) is 5.56 Å². The van der Waals surface area contributed by atoms with Crippen LogP contribution in [-0.4, -0.2) is 15.7 Å². The highest BCUT2D eigenvalue weighted by Crippen LogP contribution is 2.18. The van der Waals surface area contributed by atoms with Crippen LogP contribution in [0, 0.1) is 13.8 Å². The molecule has 0 bridgehead atoms. The number of aryl methyl sites for hydroxylation is 3. The summed E-state index contributed by atoms with van der Waals surface area (Å²) in [5, 5.41) is 8.47. The lowest BCUT2D eigenvalue weighted by molar-refractivity contribution is -0.115. The number of hydrogen-bond acceptors (Lipinski definition) is 3. The summed E-state index contributed by atoms with van der Waals surface area (Å²) in [7, 11) is 1.60. The maximum absolute atomic E-state index is 12.4. The Hall–Kier alpha value is -2.95. The Labute approximate surface area is 139 Å². The van der Waals surface area contributed by atoms with Crippen molar-refractivity contribution in [1.82, 2.24) is 9.78 Å². The molecule has 1 heterocycles. The second-order valence-electron chi connectivity index (χ2n) is 5.96. The number of anilines is 1. The summed E-state index contributed by atoms with van der Waals surface area (Å²) < 4.78 is 1.28. The molecule has 2 aromatic carbocycles. The van der Waals surface area contributed by atoms with Gasteiger partial charge in [0.15, 0.2) is 0 Å². The van der Waals surface area contributed by atoms with Crippen LogP contribution in [-0.2, 0) is 18.3 Å². The van der Waals surface area contributed by atoms with Crippen molar-refractivity contribution in [3.63, 3.8) is 0 Å². The quantitative estimate of drug-likeness (QED) is 0.807. The number of nitrogens with zero attached hydrogens (tertiary/aromatic N) is 2. The van der Waals surface area contributed by atoms with E-state index in [1.807, 2.05) is 50.2 Å². The Morgan fingerprint density at radius 2 is 1.83 bits per heavy atom. The molecule has 5 heteroatoms. The molecule has 5 nitrogen and oxygen atoms in total. The predicted octanol–water partition coefficient (Wildman–Crippen LogP) is 2.73. The first-order valence-corrected chi connectivity index (χ1v) is 7.78. The molecular formula is C19H19N3O2. The van der Waals surface area contributed by atoms with Crippen molar-refractivity contribution in [1.29, 1.82) is 0 Å². The zero-order chi connectivity index (χ0) is 17.3. The average molecular weight is 321 g/mol. The van der Waals surface area contributed by atoms with E-state index in [9.17, 15) is 9.59 Å². The first kappa shape index (κ1) is 15.9. The van der Waals surface area contributed by atoms with Gasteiger partial charge in [0.1, 0.15) is 0 Å². The second-order valence-corrected chi connectivity index (χ2v) is 5.96. The molecule has 122 valence electrons. The smallest absolute Gasteiger partial charge is 0.274 e. The van der Waals surface area contributed by atoms with Gasteiger partial charge in [-0.25, -0.2) is 4.68 Å². The molecule has 0 aliphatic heterocycles. The SMILES string of the molecule is Cc1ccc(NC(=O)Cc2nn(C)c(=O)c3ccccc23)c(C)c1. The van der Waals surface area contributed by atoms with Crippen molar-refractivity contribution >= 4 is 22.4 Å². The zero-order valence-electron chi connectivity index (χ0n) is 14.0. The normalized spacial score (nSPS) is 10.8. The van der Waals surface area contributed by atoms with Crippen LogP contribution in [0.4, 0.5) is 5.69 Å². The molecule has 0 spiro atoms. The van der Waals surface area contributed by atoms with E-state index >= 15 is 0 Å². The average Bonchev–Trinajstić information content (AvgIpc) is 2.55. The van der Waals surface area contributed by atoms with Gasteiger partial charge in [-0.2, -0.15) is 5.10 Å². The topological polar surface area (TPSA) is 64.0 Å². The fraction of sp³-hybridized carbons (Fsp3) is 0.211. The summed E-state index contributed by atoms with van der Waals surface area (Å²) in [4.78, 5) is 24.6. The van der Waals surface area contributed by atoms with Gasteiger partial charge in [-0.15, -0.1) is 0 Å². The number of carbonyl (C=O) groups is 1. The van der Waals surface area contributed by atoms with E-state index in [-0.39, 0.29) is 17.9 Å². The number of rotatable bonds is 3. The fourth-order valence-electron chi connectivity index (χ4n) is 2.81. The third-order valence-electron chi connectivity index (χ3n) is 4.02. The van der Waals surface area contributed by atoms with Crippen molar-refractivity contribution in [2.24, 2.45) is 7.05 Å². The summed E-state index contributed by atoms with van der Waals surface area (Å²) >= 11 is 0. The number of aromatic nitrogens is 2. The summed E-state index contributed by atoms with van der Waals surface area (Å²) in [6.07, 6.45) is 0.113. The van der Waals surface area contributed by atoms with E-state index in [0.29, 0.717) is 11.1 Å². The van der Waals surface area contributed by atoms with Gasteiger partial charge < -0.3 is 5.32 Å². The molecule has 24 heavy (non-hydrogen) atoms. The first-order valence-electron chi connectivity index (χ1n) is 7.78. The van der Waals surface area contributed by atoms with Crippen LogP contribution in [0.15, 0.2) is 47.3 Å². The van der Waals surface area contributed by atoms with E-state index in [1.54, 1.807) is 13.1 Å². The van der Waals surface area contributed by atoms with Gasteiger partial charge in [-0.1, -0.05) is 35.9 Å². The Balaban J connectivity index is 1.91. The van der Waals surface area contributed by atoms with Crippen LogP contribution in [0.3, 0.4) is 0 Å². The molecule has 0 radical (unpaired) electrons. The Morgan fingerprint density at radius 1 is 1.12 bits per heavy atom. The van der Waals surface area contributed by atoms with Crippen LogP contribution < -0.4 is 10.9 Å². The van der Waals surface area contributed by atoms with Crippen LogP contribution >= 0.6 is 0 Å². The third-order valence-corrected chi connectivity index (χ3v) is 4.02. The van der Waals surface area contributed by atoms with Crippen molar-refractivity contribution in [2.45, 2.75) is 20.3 Å². The van der Waals surface area contributed by atoms with Crippen LogP contribution in [0.25, 0.3) is 10.8 Å². The number of benzene rings is 2. The number of carbonyl (C=O) groups excluding carboxylic acids is 1. The summed E-state index contributed by atoms with van der Waals surface area (Å²) in [5.74, 6) is -0.154. The zero-order valence-corrected chi connectivity index (χ0v) is 14.0. The van der Waals surface area contributed by atoms with Gasteiger partial charge in [-0.05, 0) is 31.5 Å².